The van der Waals surface area contributed by atoms with E-state index in [1.54, 1.807) is 28.7 Å². The van der Waals surface area contributed by atoms with Crippen molar-refractivity contribution in [3.63, 3.8) is 0 Å². The van der Waals surface area contributed by atoms with Crippen LogP contribution in [0.5, 0.6) is 5.75 Å². The van der Waals surface area contributed by atoms with E-state index < -0.39 is 5.25 Å². The molecule has 0 fully saturated rings. The molecular weight excluding hydrogens is 446 g/mol. The van der Waals surface area contributed by atoms with Gasteiger partial charge in [0.25, 0.3) is 5.56 Å². The highest BCUT2D eigenvalue weighted by Crippen LogP contribution is 2.38. The Hall–Kier alpha value is -3.58. The van der Waals surface area contributed by atoms with Crippen molar-refractivity contribution in [3.05, 3.63) is 94.8 Å². The van der Waals surface area contributed by atoms with Crippen molar-refractivity contribution in [3.8, 4) is 11.4 Å². The Balaban J connectivity index is 1.95. The Bertz CT molecular complexity index is 1350. The lowest BCUT2D eigenvalue weighted by Crippen LogP contribution is -2.34. The Kier molecular flexibility index (Phi) is 7.33. The van der Waals surface area contributed by atoms with Crippen LogP contribution in [0.2, 0.25) is 0 Å². The van der Waals surface area contributed by atoms with E-state index >= 15 is 0 Å². The van der Waals surface area contributed by atoms with Gasteiger partial charge in [0.2, 0.25) is 5.91 Å². The second-order valence-electron chi connectivity index (χ2n) is 7.64. The van der Waals surface area contributed by atoms with E-state index in [-0.39, 0.29) is 11.5 Å². The number of hydrogen-bond acceptors (Lipinski definition) is 5. The van der Waals surface area contributed by atoms with Crippen LogP contribution in [-0.2, 0) is 4.79 Å². The first kappa shape index (κ1) is 23.6. The highest BCUT2D eigenvalue weighted by molar-refractivity contribution is 8.00. The van der Waals surface area contributed by atoms with Crippen molar-refractivity contribution < 1.29 is 9.53 Å². The van der Waals surface area contributed by atoms with Gasteiger partial charge in [0, 0.05) is 13.1 Å². The summed E-state index contributed by atoms with van der Waals surface area (Å²) in [5.41, 5.74) is 1.82. The first-order valence-corrected chi connectivity index (χ1v) is 12.1. The van der Waals surface area contributed by atoms with Crippen LogP contribution in [0, 0.1) is 0 Å². The molecule has 34 heavy (non-hydrogen) atoms. The second kappa shape index (κ2) is 10.6. The molecule has 1 heterocycles. The van der Waals surface area contributed by atoms with Gasteiger partial charge in [-0.15, -0.1) is 0 Å². The van der Waals surface area contributed by atoms with Crippen LogP contribution in [0.15, 0.2) is 88.8 Å². The van der Waals surface area contributed by atoms with Gasteiger partial charge in [0.15, 0.2) is 5.16 Å². The lowest BCUT2D eigenvalue weighted by Gasteiger charge is -2.26. The lowest BCUT2D eigenvalue weighted by atomic mass is 10.1. The summed E-state index contributed by atoms with van der Waals surface area (Å²) >= 11 is 1.28. The van der Waals surface area contributed by atoms with Crippen LogP contribution in [-0.4, -0.2) is 40.6 Å². The van der Waals surface area contributed by atoms with Gasteiger partial charge in [-0.05, 0) is 43.7 Å². The zero-order valence-corrected chi connectivity index (χ0v) is 20.3. The molecule has 0 aliphatic heterocycles. The van der Waals surface area contributed by atoms with Gasteiger partial charge in [-0.25, -0.2) is 4.98 Å². The molecule has 4 aromatic rings. The van der Waals surface area contributed by atoms with Gasteiger partial charge in [0.05, 0.1) is 23.7 Å². The van der Waals surface area contributed by atoms with Crippen LogP contribution >= 0.6 is 11.8 Å². The Labute approximate surface area is 203 Å². The SMILES string of the molecule is CCN(CC)C(=O)C(Sc1nc2ccccc2c(=O)n1-c1ccccc1OC)c1ccccc1. The molecule has 1 amide bonds. The zero-order chi connectivity index (χ0) is 24.1. The molecule has 6 nitrogen and oxygen atoms in total. The maximum atomic E-state index is 13.7. The third-order valence-electron chi connectivity index (χ3n) is 5.70. The van der Waals surface area contributed by atoms with E-state index in [0.717, 1.165) is 5.56 Å². The van der Waals surface area contributed by atoms with E-state index in [0.29, 0.717) is 40.6 Å². The fourth-order valence-electron chi connectivity index (χ4n) is 3.91. The molecule has 0 saturated carbocycles. The summed E-state index contributed by atoms with van der Waals surface area (Å²) in [5.74, 6) is 0.532. The average molecular weight is 474 g/mol. The predicted octanol–water partition coefficient (Wildman–Crippen LogP) is 5.10. The summed E-state index contributed by atoms with van der Waals surface area (Å²) < 4.78 is 7.11. The Morgan fingerprint density at radius 1 is 0.971 bits per heavy atom. The van der Waals surface area contributed by atoms with Gasteiger partial charge < -0.3 is 9.64 Å². The molecule has 0 saturated heterocycles. The molecule has 0 aliphatic rings. The van der Waals surface area contributed by atoms with Crippen LogP contribution in [0.1, 0.15) is 24.7 Å². The number of fused-ring (bicyclic) bond motifs is 1. The fraction of sp³-hybridized carbons (Fsp3) is 0.222. The van der Waals surface area contributed by atoms with Gasteiger partial charge >= 0.3 is 0 Å². The number of ether oxygens (including phenoxy) is 1. The minimum absolute atomic E-state index is 0.0183. The molecule has 0 aliphatic carbocycles. The number of aromatic nitrogens is 2. The maximum absolute atomic E-state index is 13.7. The van der Waals surface area contributed by atoms with Gasteiger partial charge in [0.1, 0.15) is 11.0 Å². The molecule has 4 rings (SSSR count). The third kappa shape index (κ3) is 4.56. The van der Waals surface area contributed by atoms with Crippen molar-refractivity contribution in [2.45, 2.75) is 24.3 Å². The average Bonchev–Trinajstić information content (AvgIpc) is 2.88. The summed E-state index contributed by atoms with van der Waals surface area (Å²) in [7, 11) is 1.57. The highest BCUT2D eigenvalue weighted by atomic mass is 32.2. The molecule has 174 valence electrons. The zero-order valence-electron chi connectivity index (χ0n) is 19.5. The van der Waals surface area contributed by atoms with Crippen LogP contribution in [0.4, 0.5) is 0 Å². The Morgan fingerprint density at radius 2 is 1.62 bits per heavy atom. The van der Waals surface area contributed by atoms with Gasteiger partial charge in [-0.1, -0.05) is 66.4 Å². The summed E-state index contributed by atoms with van der Waals surface area (Å²) in [6.07, 6.45) is 0. The monoisotopic (exact) mass is 473 g/mol. The van der Waals surface area contributed by atoms with E-state index in [2.05, 4.69) is 0 Å². The molecule has 0 bridgehead atoms. The number of rotatable bonds is 8. The quantitative estimate of drug-likeness (QED) is 0.263. The molecule has 3 aromatic carbocycles. The first-order chi connectivity index (χ1) is 16.6. The minimum atomic E-state index is -0.560. The maximum Gasteiger partial charge on any atom is 0.266 e. The summed E-state index contributed by atoms with van der Waals surface area (Å²) in [6.45, 7) is 5.13. The summed E-state index contributed by atoms with van der Waals surface area (Å²) in [4.78, 5) is 34.0. The molecule has 7 heteroatoms. The number of benzene rings is 3. The van der Waals surface area contributed by atoms with Crippen molar-refractivity contribution in [2.24, 2.45) is 0 Å². The van der Waals surface area contributed by atoms with Crippen LogP contribution in [0.25, 0.3) is 16.6 Å². The number of thioether (sulfide) groups is 1. The predicted molar refractivity (Wildman–Crippen MR) is 137 cm³/mol. The molecule has 0 N–H and O–H groups in total. The standard InChI is InChI=1S/C27H27N3O3S/c1-4-29(5-2)26(32)24(19-13-7-6-8-14-19)34-27-28-21-16-10-9-15-20(21)25(31)30(27)22-17-11-12-18-23(22)33-3/h6-18,24H,4-5H2,1-3H3. The number of carbonyl (C=O) groups is 1. The highest BCUT2D eigenvalue weighted by Gasteiger charge is 2.28. The second-order valence-corrected chi connectivity index (χ2v) is 8.72. The summed E-state index contributed by atoms with van der Waals surface area (Å²) in [5, 5.41) is 0.377. The first-order valence-electron chi connectivity index (χ1n) is 11.2. The largest absolute Gasteiger partial charge is 0.495 e. The normalized spacial score (nSPS) is 11.9. The number of amides is 1. The van der Waals surface area contributed by atoms with Crippen LogP contribution in [0.3, 0.4) is 0 Å². The number of likely N-dealkylation sites (N-methyl/N-ethyl adjacent to an activating group) is 1. The van der Waals surface area contributed by atoms with E-state index in [4.69, 9.17) is 9.72 Å². The third-order valence-corrected chi connectivity index (χ3v) is 6.89. The molecule has 1 atom stereocenters. The molecule has 0 radical (unpaired) electrons. The van der Waals surface area contributed by atoms with Crippen molar-refractivity contribution in [1.29, 1.82) is 0 Å². The van der Waals surface area contributed by atoms with Gasteiger partial charge in [-0.2, -0.15) is 0 Å². The van der Waals surface area contributed by atoms with Gasteiger partial charge in [-0.3, -0.25) is 14.2 Å². The number of para-hydroxylation sites is 3. The number of carbonyl (C=O) groups excluding carboxylic acids is 1. The number of methoxy groups -OCH3 is 1. The molecular formula is C27H27N3O3S. The topological polar surface area (TPSA) is 64.4 Å². The molecule has 0 spiro atoms. The van der Waals surface area contributed by atoms with Crippen molar-refractivity contribution >= 4 is 28.6 Å². The fourth-order valence-corrected chi connectivity index (χ4v) is 5.11. The van der Waals surface area contributed by atoms with Crippen LogP contribution < -0.4 is 10.3 Å². The van der Waals surface area contributed by atoms with Crippen molar-refractivity contribution in [1.82, 2.24) is 14.5 Å². The smallest absolute Gasteiger partial charge is 0.266 e. The van der Waals surface area contributed by atoms with Crippen molar-refractivity contribution in [2.75, 3.05) is 20.2 Å². The van der Waals surface area contributed by atoms with E-state index in [9.17, 15) is 9.59 Å². The van der Waals surface area contributed by atoms with E-state index in [1.165, 1.54) is 11.8 Å². The molecule has 1 unspecified atom stereocenters. The number of nitrogens with zero attached hydrogens (tertiary/aromatic N) is 3. The number of hydrogen-bond donors (Lipinski definition) is 0. The Morgan fingerprint density at radius 3 is 2.32 bits per heavy atom. The lowest BCUT2D eigenvalue weighted by molar-refractivity contribution is -0.130. The van der Waals surface area contributed by atoms with E-state index in [1.807, 2.05) is 80.6 Å². The molecule has 1 aromatic heterocycles. The minimum Gasteiger partial charge on any atom is -0.495 e. The summed E-state index contributed by atoms with van der Waals surface area (Å²) in [6, 6.07) is 24.2.